The fraction of sp³-hybridized carbons (Fsp3) is 0.182. The van der Waals surface area contributed by atoms with Gasteiger partial charge in [-0.05, 0) is 12.1 Å². The molecule has 1 heterocycles. The summed E-state index contributed by atoms with van der Waals surface area (Å²) in [6.45, 7) is 0.0381. The number of likely N-dealkylation sites (N-methyl/N-ethyl adjacent to an activating group) is 1. The monoisotopic (exact) mass is 247 g/mol. The van der Waals surface area contributed by atoms with E-state index in [0.717, 1.165) is 0 Å². The van der Waals surface area contributed by atoms with Gasteiger partial charge < -0.3 is 15.7 Å². The van der Waals surface area contributed by atoms with E-state index >= 15 is 0 Å². The van der Waals surface area contributed by atoms with Gasteiger partial charge in [0.15, 0.2) is 0 Å². The molecule has 0 fully saturated rings. The minimum Gasteiger partial charge on any atom is -0.508 e. The van der Waals surface area contributed by atoms with Crippen LogP contribution in [-0.2, 0) is 11.3 Å². The number of phenolic OH excluding ortho intramolecular Hbond substituents is 1. The Morgan fingerprint density at radius 2 is 2.33 bits per heavy atom. The minimum absolute atomic E-state index is 0.0381. The van der Waals surface area contributed by atoms with E-state index in [4.69, 9.17) is 5.73 Å². The molecule has 7 heteroatoms. The van der Waals surface area contributed by atoms with Crippen molar-refractivity contribution in [1.82, 2.24) is 14.8 Å². The van der Waals surface area contributed by atoms with Crippen LogP contribution in [0.3, 0.4) is 0 Å². The molecular weight excluding hydrogens is 234 g/mol. The van der Waals surface area contributed by atoms with Crippen molar-refractivity contribution >= 4 is 17.5 Å². The number of aromatic nitrogens is 3. The van der Waals surface area contributed by atoms with Crippen LogP contribution < -0.4 is 10.6 Å². The van der Waals surface area contributed by atoms with Crippen molar-refractivity contribution < 1.29 is 9.90 Å². The average molecular weight is 247 g/mol. The molecule has 0 radical (unpaired) electrons. The number of rotatable bonds is 3. The number of aromatic hydroxyl groups is 1. The molecule has 18 heavy (non-hydrogen) atoms. The average Bonchev–Trinajstić information content (AvgIpc) is 2.73. The SMILES string of the molecule is CN(C(=O)Cn1cnc(N)n1)c1cccc(O)c1. The number of hydrogen-bond acceptors (Lipinski definition) is 5. The first-order chi connectivity index (χ1) is 8.56. The summed E-state index contributed by atoms with van der Waals surface area (Å²) in [7, 11) is 1.62. The summed E-state index contributed by atoms with van der Waals surface area (Å²) < 4.78 is 1.36. The molecule has 1 aromatic carbocycles. The normalized spacial score (nSPS) is 10.3. The topological polar surface area (TPSA) is 97.3 Å². The predicted molar refractivity (Wildman–Crippen MR) is 66.0 cm³/mol. The van der Waals surface area contributed by atoms with Gasteiger partial charge in [-0.1, -0.05) is 6.07 Å². The zero-order valence-corrected chi connectivity index (χ0v) is 9.82. The summed E-state index contributed by atoms with van der Waals surface area (Å²) in [5.41, 5.74) is 5.97. The third-order valence-corrected chi connectivity index (χ3v) is 2.44. The first-order valence-corrected chi connectivity index (χ1v) is 5.27. The number of nitrogens with two attached hydrogens (primary N) is 1. The van der Waals surface area contributed by atoms with E-state index in [2.05, 4.69) is 10.1 Å². The molecule has 94 valence electrons. The van der Waals surface area contributed by atoms with Crippen LogP contribution in [0.15, 0.2) is 30.6 Å². The number of hydrogen-bond donors (Lipinski definition) is 2. The quantitative estimate of drug-likeness (QED) is 0.809. The summed E-state index contributed by atoms with van der Waals surface area (Å²) in [5.74, 6) is 0.0467. The number of nitrogens with zero attached hydrogens (tertiary/aromatic N) is 4. The second kappa shape index (κ2) is 4.74. The first-order valence-electron chi connectivity index (χ1n) is 5.27. The van der Waals surface area contributed by atoms with Gasteiger partial charge in [-0.25, -0.2) is 9.67 Å². The largest absolute Gasteiger partial charge is 0.508 e. The van der Waals surface area contributed by atoms with E-state index in [1.165, 1.54) is 22.0 Å². The van der Waals surface area contributed by atoms with Crippen molar-refractivity contribution in [3.63, 3.8) is 0 Å². The van der Waals surface area contributed by atoms with E-state index in [1.54, 1.807) is 25.2 Å². The van der Waals surface area contributed by atoms with Crippen molar-refractivity contribution in [2.45, 2.75) is 6.54 Å². The van der Waals surface area contributed by atoms with Gasteiger partial charge in [0.2, 0.25) is 11.9 Å². The molecule has 0 spiro atoms. The van der Waals surface area contributed by atoms with Crippen LogP contribution in [0.2, 0.25) is 0 Å². The lowest BCUT2D eigenvalue weighted by Crippen LogP contribution is -2.30. The van der Waals surface area contributed by atoms with Gasteiger partial charge in [-0.15, -0.1) is 5.10 Å². The predicted octanol–water partition coefficient (Wildman–Crippen LogP) is 0.229. The number of phenols is 1. The van der Waals surface area contributed by atoms with Gasteiger partial charge in [0, 0.05) is 18.8 Å². The fourth-order valence-electron chi connectivity index (χ4n) is 1.48. The zero-order valence-electron chi connectivity index (χ0n) is 9.82. The molecule has 2 rings (SSSR count). The van der Waals surface area contributed by atoms with Gasteiger partial charge in [0.05, 0.1) is 0 Å². The standard InChI is InChI=1S/C11H13N5O2/c1-15(8-3-2-4-9(17)5-8)10(18)6-16-7-13-11(12)14-16/h2-5,7,17H,6H2,1H3,(H2,12,14). The Balaban J connectivity index is 2.09. The summed E-state index contributed by atoms with van der Waals surface area (Å²) in [4.78, 5) is 17.1. The highest BCUT2D eigenvalue weighted by molar-refractivity contribution is 5.92. The van der Waals surface area contributed by atoms with Crippen LogP contribution in [0.4, 0.5) is 11.6 Å². The van der Waals surface area contributed by atoms with Gasteiger partial charge >= 0.3 is 0 Å². The van der Waals surface area contributed by atoms with E-state index < -0.39 is 0 Å². The minimum atomic E-state index is -0.189. The Morgan fingerprint density at radius 1 is 1.56 bits per heavy atom. The van der Waals surface area contributed by atoms with Crippen molar-refractivity contribution in [2.24, 2.45) is 0 Å². The van der Waals surface area contributed by atoms with Gasteiger partial charge in [-0.2, -0.15) is 0 Å². The Morgan fingerprint density at radius 3 is 2.94 bits per heavy atom. The maximum atomic E-state index is 11.9. The molecule has 0 unspecified atom stereocenters. The summed E-state index contributed by atoms with van der Waals surface area (Å²) in [6.07, 6.45) is 1.39. The lowest BCUT2D eigenvalue weighted by Gasteiger charge is -2.17. The lowest BCUT2D eigenvalue weighted by atomic mass is 10.3. The van der Waals surface area contributed by atoms with Gasteiger partial charge in [0.25, 0.3) is 0 Å². The van der Waals surface area contributed by atoms with Crippen molar-refractivity contribution in [1.29, 1.82) is 0 Å². The second-order valence-corrected chi connectivity index (χ2v) is 3.77. The van der Waals surface area contributed by atoms with Crippen LogP contribution in [0.25, 0.3) is 0 Å². The molecule has 3 N–H and O–H groups in total. The third-order valence-electron chi connectivity index (χ3n) is 2.44. The lowest BCUT2D eigenvalue weighted by molar-refractivity contribution is -0.119. The highest BCUT2D eigenvalue weighted by atomic mass is 16.3. The molecule has 0 aliphatic carbocycles. The molecule has 0 atom stereocenters. The van der Waals surface area contributed by atoms with E-state index in [-0.39, 0.29) is 24.1 Å². The van der Waals surface area contributed by atoms with Crippen LogP contribution in [0.1, 0.15) is 0 Å². The summed E-state index contributed by atoms with van der Waals surface area (Å²) in [6, 6.07) is 6.45. The number of amides is 1. The summed E-state index contributed by atoms with van der Waals surface area (Å²) >= 11 is 0. The first kappa shape index (κ1) is 11.9. The van der Waals surface area contributed by atoms with E-state index in [9.17, 15) is 9.90 Å². The maximum absolute atomic E-state index is 11.9. The van der Waals surface area contributed by atoms with Crippen LogP contribution in [0, 0.1) is 0 Å². The third kappa shape index (κ3) is 2.57. The highest BCUT2D eigenvalue weighted by Crippen LogP contribution is 2.19. The Hall–Kier alpha value is -2.57. The molecule has 1 amide bonds. The number of benzene rings is 1. The Labute approximate surface area is 103 Å². The molecular formula is C11H13N5O2. The molecule has 7 nitrogen and oxygen atoms in total. The van der Waals surface area contributed by atoms with E-state index in [1.807, 2.05) is 0 Å². The molecule has 0 aliphatic rings. The maximum Gasteiger partial charge on any atom is 0.248 e. The fourth-order valence-corrected chi connectivity index (χ4v) is 1.48. The Kier molecular flexibility index (Phi) is 3.13. The second-order valence-electron chi connectivity index (χ2n) is 3.77. The van der Waals surface area contributed by atoms with Crippen molar-refractivity contribution in [2.75, 3.05) is 17.7 Å². The molecule has 0 aliphatic heterocycles. The van der Waals surface area contributed by atoms with Gasteiger partial charge in [-0.3, -0.25) is 4.79 Å². The smallest absolute Gasteiger partial charge is 0.248 e. The van der Waals surface area contributed by atoms with Crippen molar-refractivity contribution in [3.8, 4) is 5.75 Å². The zero-order chi connectivity index (χ0) is 13.1. The number of carbonyl (C=O) groups excluding carboxylic acids is 1. The summed E-state index contributed by atoms with van der Waals surface area (Å²) in [5, 5.41) is 13.2. The molecule has 0 bridgehead atoms. The number of anilines is 2. The van der Waals surface area contributed by atoms with Crippen LogP contribution in [0.5, 0.6) is 5.75 Å². The molecule has 0 saturated heterocycles. The highest BCUT2D eigenvalue weighted by Gasteiger charge is 2.12. The number of nitrogen functional groups attached to an aromatic ring is 1. The van der Waals surface area contributed by atoms with Crippen molar-refractivity contribution in [3.05, 3.63) is 30.6 Å². The van der Waals surface area contributed by atoms with Gasteiger partial charge in [0.1, 0.15) is 18.6 Å². The molecule has 1 aromatic heterocycles. The molecule has 2 aromatic rings. The molecule has 0 saturated carbocycles. The number of carbonyl (C=O) groups is 1. The van der Waals surface area contributed by atoms with Crippen LogP contribution in [-0.4, -0.2) is 32.8 Å². The van der Waals surface area contributed by atoms with Crippen LogP contribution >= 0.6 is 0 Å². The Bertz CT molecular complexity index is 566. The van der Waals surface area contributed by atoms with E-state index in [0.29, 0.717) is 5.69 Å².